The van der Waals surface area contributed by atoms with Crippen LogP contribution in [0.4, 0.5) is 5.82 Å². The Kier molecular flexibility index (Phi) is 4.21. The molecule has 0 aromatic carbocycles. The second-order valence-corrected chi connectivity index (χ2v) is 4.78. The Bertz CT molecular complexity index is 503. The van der Waals surface area contributed by atoms with E-state index in [1.165, 1.54) is 12.3 Å². The highest BCUT2D eigenvalue weighted by Gasteiger charge is 2.22. The molecule has 0 bridgehead atoms. The number of halogens is 1. The summed E-state index contributed by atoms with van der Waals surface area (Å²) < 4.78 is 0. The molecule has 19 heavy (non-hydrogen) atoms. The van der Waals surface area contributed by atoms with Gasteiger partial charge in [-0.3, -0.25) is 4.79 Å². The minimum Gasteiger partial charge on any atom is -0.478 e. The molecule has 1 heterocycles. The lowest BCUT2D eigenvalue weighted by Gasteiger charge is -2.07. The van der Waals surface area contributed by atoms with Crippen LogP contribution in [0.3, 0.4) is 0 Å². The summed E-state index contributed by atoms with van der Waals surface area (Å²) in [6.07, 6.45) is 3.71. The van der Waals surface area contributed by atoms with Crippen molar-refractivity contribution in [2.45, 2.75) is 25.3 Å². The summed E-state index contributed by atoms with van der Waals surface area (Å²) in [5.41, 5.74) is -0.0124. The second-order valence-electron chi connectivity index (χ2n) is 4.37. The lowest BCUT2D eigenvalue weighted by Crippen LogP contribution is -2.27. The van der Waals surface area contributed by atoms with Crippen molar-refractivity contribution in [1.82, 2.24) is 10.3 Å². The number of carboxylic acids is 1. The van der Waals surface area contributed by atoms with Gasteiger partial charge < -0.3 is 15.7 Å². The number of nitrogens with one attached hydrogen (secondary N) is 2. The molecule has 0 saturated heterocycles. The van der Waals surface area contributed by atoms with Crippen LogP contribution in [0.2, 0.25) is 5.02 Å². The highest BCUT2D eigenvalue weighted by Crippen LogP contribution is 2.19. The van der Waals surface area contributed by atoms with Gasteiger partial charge in [-0.2, -0.15) is 0 Å². The Hall–Kier alpha value is -1.82. The van der Waals surface area contributed by atoms with Gasteiger partial charge in [-0.15, -0.1) is 0 Å². The van der Waals surface area contributed by atoms with Crippen molar-refractivity contribution in [2.75, 3.05) is 11.9 Å². The summed E-state index contributed by atoms with van der Waals surface area (Å²) in [6, 6.07) is 1.70. The van der Waals surface area contributed by atoms with Gasteiger partial charge in [0, 0.05) is 25.2 Å². The van der Waals surface area contributed by atoms with E-state index < -0.39 is 5.97 Å². The van der Waals surface area contributed by atoms with Gasteiger partial charge in [-0.25, -0.2) is 9.78 Å². The van der Waals surface area contributed by atoms with E-state index in [1.54, 1.807) is 0 Å². The fourth-order valence-corrected chi connectivity index (χ4v) is 1.72. The predicted molar refractivity (Wildman–Crippen MR) is 70.5 cm³/mol. The SMILES string of the molecule is O=C(CCNc1cc(C(=O)O)c(Cl)cn1)NC1CC1. The maximum absolute atomic E-state index is 11.4. The molecule has 7 heteroatoms. The number of carbonyl (C=O) groups excluding carboxylic acids is 1. The van der Waals surface area contributed by atoms with Crippen LogP contribution in [-0.2, 0) is 4.79 Å². The molecule has 102 valence electrons. The van der Waals surface area contributed by atoms with Crippen LogP contribution >= 0.6 is 11.6 Å². The highest BCUT2D eigenvalue weighted by atomic mass is 35.5. The van der Waals surface area contributed by atoms with Gasteiger partial charge in [0.15, 0.2) is 0 Å². The number of anilines is 1. The minimum absolute atomic E-state index is 0.0116. The third-order valence-corrected chi connectivity index (χ3v) is 2.99. The van der Waals surface area contributed by atoms with Crippen molar-refractivity contribution in [3.8, 4) is 0 Å². The molecule has 0 aliphatic heterocycles. The lowest BCUT2D eigenvalue weighted by molar-refractivity contribution is -0.120. The summed E-state index contributed by atoms with van der Waals surface area (Å²) >= 11 is 5.70. The number of amides is 1. The summed E-state index contributed by atoms with van der Waals surface area (Å²) in [5, 5.41) is 14.8. The normalized spacial score (nSPS) is 13.9. The zero-order valence-corrected chi connectivity index (χ0v) is 10.9. The number of carboxylic acid groups (broad SMARTS) is 1. The zero-order valence-electron chi connectivity index (χ0n) is 10.1. The van der Waals surface area contributed by atoms with E-state index in [1.807, 2.05) is 0 Å². The molecular weight excluding hydrogens is 270 g/mol. The largest absolute Gasteiger partial charge is 0.478 e. The monoisotopic (exact) mass is 283 g/mol. The fourth-order valence-electron chi connectivity index (χ4n) is 1.53. The Morgan fingerprint density at radius 3 is 2.84 bits per heavy atom. The van der Waals surface area contributed by atoms with E-state index in [0.29, 0.717) is 24.8 Å². The highest BCUT2D eigenvalue weighted by molar-refractivity contribution is 6.33. The number of pyridine rings is 1. The molecular formula is C12H14ClN3O3. The molecule has 0 radical (unpaired) electrons. The number of hydrogen-bond acceptors (Lipinski definition) is 4. The minimum atomic E-state index is -1.11. The van der Waals surface area contributed by atoms with Gasteiger partial charge >= 0.3 is 5.97 Å². The van der Waals surface area contributed by atoms with E-state index in [0.717, 1.165) is 12.8 Å². The Balaban J connectivity index is 1.83. The average Bonchev–Trinajstić information content (AvgIpc) is 3.14. The van der Waals surface area contributed by atoms with Gasteiger partial charge in [0.25, 0.3) is 0 Å². The third-order valence-electron chi connectivity index (χ3n) is 2.69. The van der Waals surface area contributed by atoms with Crippen LogP contribution in [0.15, 0.2) is 12.3 Å². The van der Waals surface area contributed by atoms with Crippen LogP contribution in [0.1, 0.15) is 29.6 Å². The maximum atomic E-state index is 11.4. The third kappa shape index (κ3) is 4.10. The summed E-state index contributed by atoms with van der Waals surface area (Å²) in [4.78, 5) is 26.3. The van der Waals surface area contributed by atoms with E-state index in [9.17, 15) is 9.59 Å². The topological polar surface area (TPSA) is 91.3 Å². The first-order valence-electron chi connectivity index (χ1n) is 5.98. The molecule has 1 aliphatic rings. The number of aromatic nitrogens is 1. The standard InChI is InChI=1S/C12H14ClN3O3/c13-9-6-15-10(5-8(9)12(18)19)14-4-3-11(17)16-7-1-2-7/h5-7H,1-4H2,(H,14,15)(H,16,17)(H,18,19). The van der Waals surface area contributed by atoms with Crippen LogP contribution < -0.4 is 10.6 Å². The summed E-state index contributed by atoms with van der Waals surface area (Å²) in [5.74, 6) is -0.731. The molecule has 1 aromatic heterocycles. The summed E-state index contributed by atoms with van der Waals surface area (Å²) in [7, 11) is 0. The number of carbonyl (C=O) groups is 2. The Morgan fingerprint density at radius 2 is 2.21 bits per heavy atom. The van der Waals surface area contributed by atoms with Crippen LogP contribution in [0, 0.1) is 0 Å². The molecule has 1 amide bonds. The van der Waals surface area contributed by atoms with Gasteiger partial charge in [-0.1, -0.05) is 11.6 Å². The molecule has 1 aromatic rings. The molecule has 3 N–H and O–H groups in total. The van der Waals surface area contributed by atoms with Gasteiger partial charge in [-0.05, 0) is 18.9 Å². The molecule has 0 atom stereocenters. The number of aromatic carboxylic acids is 1. The molecule has 1 saturated carbocycles. The number of rotatable bonds is 6. The van der Waals surface area contributed by atoms with Crippen molar-refractivity contribution in [2.24, 2.45) is 0 Å². The molecule has 6 nitrogen and oxygen atoms in total. The van der Waals surface area contributed by atoms with Crippen molar-refractivity contribution < 1.29 is 14.7 Å². The Labute approximate surface area is 115 Å². The first kappa shape index (κ1) is 13.6. The van der Waals surface area contributed by atoms with Crippen LogP contribution in [-0.4, -0.2) is 34.6 Å². The van der Waals surface area contributed by atoms with Crippen LogP contribution in [0.25, 0.3) is 0 Å². The van der Waals surface area contributed by atoms with Crippen molar-refractivity contribution in [3.05, 3.63) is 22.8 Å². The van der Waals surface area contributed by atoms with Crippen molar-refractivity contribution >= 4 is 29.3 Å². The first-order chi connectivity index (χ1) is 9.06. The molecule has 0 unspecified atom stereocenters. The van der Waals surface area contributed by atoms with Gasteiger partial charge in [0.2, 0.25) is 5.91 Å². The lowest BCUT2D eigenvalue weighted by atomic mass is 10.2. The van der Waals surface area contributed by atoms with E-state index in [-0.39, 0.29) is 16.5 Å². The molecule has 1 fully saturated rings. The Morgan fingerprint density at radius 1 is 1.47 bits per heavy atom. The van der Waals surface area contributed by atoms with Crippen molar-refractivity contribution in [3.63, 3.8) is 0 Å². The quantitative estimate of drug-likeness (QED) is 0.736. The van der Waals surface area contributed by atoms with Crippen LogP contribution in [0.5, 0.6) is 0 Å². The predicted octanol–water partition coefficient (Wildman–Crippen LogP) is 1.51. The number of hydrogen-bond donors (Lipinski definition) is 3. The van der Waals surface area contributed by atoms with Gasteiger partial charge in [0.1, 0.15) is 5.82 Å². The first-order valence-corrected chi connectivity index (χ1v) is 6.36. The van der Waals surface area contributed by atoms with E-state index in [4.69, 9.17) is 16.7 Å². The van der Waals surface area contributed by atoms with E-state index in [2.05, 4.69) is 15.6 Å². The molecule has 2 rings (SSSR count). The zero-order chi connectivity index (χ0) is 13.8. The average molecular weight is 284 g/mol. The summed E-state index contributed by atoms with van der Waals surface area (Å²) in [6.45, 7) is 0.395. The fraction of sp³-hybridized carbons (Fsp3) is 0.417. The second kappa shape index (κ2) is 5.88. The number of nitrogens with zero attached hydrogens (tertiary/aromatic N) is 1. The van der Waals surface area contributed by atoms with Gasteiger partial charge in [0.05, 0.1) is 10.6 Å². The van der Waals surface area contributed by atoms with Crippen molar-refractivity contribution in [1.29, 1.82) is 0 Å². The van der Waals surface area contributed by atoms with E-state index >= 15 is 0 Å². The smallest absolute Gasteiger partial charge is 0.337 e. The molecule has 0 spiro atoms. The maximum Gasteiger partial charge on any atom is 0.337 e. The molecule has 1 aliphatic carbocycles.